The summed E-state index contributed by atoms with van der Waals surface area (Å²) < 4.78 is 1.08. The minimum atomic E-state index is -0.329. The molecule has 0 radical (unpaired) electrons. The van der Waals surface area contributed by atoms with Gasteiger partial charge < -0.3 is 16.4 Å². The van der Waals surface area contributed by atoms with Crippen molar-refractivity contribution in [3.05, 3.63) is 33.8 Å². The third kappa shape index (κ3) is 3.33. The van der Waals surface area contributed by atoms with Gasteiger partial charge >= 0.3 is 0 Å². The largest absolute Gasteiger partial charge is 0.348 e. The third-order valence-electron chi connectivity index (χ3n) is 3.18. The van der Waals surface area contributed by atoms with E-state index in [2.05, 4.69) is 26.6 Å². The summed E-state index contributed by atoms with van der Waals surface area (Å²) in [7, 11) is 0. The van der Waals surface area contributed by atoms with Gasteiger partial charge in [0.15, 0.2) is 0 Å². The molecule has 5 nitrogen and oxygen atoms in total. The average Bonchev–Trinajstić information content (AvgIpc) is 2.81. The molecule has 0 fully saturated rings. The highest BCUT2D eigenvalue weighted by Gasteiger charge is 2.25. The number of hydrogen-bond donors (Lipinski definition) is 3. The molecule has 4 N–H and O–H groups in total. The van der Waals surface area contributed by atoms with Crippen LogP contribution in [0.2, 0.25) is 0 Å². The lowest BCUT2D eigenvalue weighted by atomic mass is 10.1. The van der Waals surface area contributed by atoms with E-state index in [0.717, 1.165) is 22.9 Å². The molecule has 0 aromatic heterocycles. The van der Waals surface area contributed by atoms with E-state index in [9.17, 15) is 9.59 Å². The molecule has 1 aromatic rings. The maximum atomic E-state index is 11.7. The highest BCUT2D eigenvalue weighted by Crippen LogP contribution is 2.35. The van der Waals surface area contributed by atoms with Crippen molar-refractivity contribution in [2.24, 2.45) is 5.73 Å². The first kappa shape index (κ1) is 14.0. The number of nitrogens with one attached hydrogen (secondary N) is 2. The predicted octanol–water partition coefficient (Wildman–Crippen LogP) is 0.627. The molecule has 0 heterocycles. The van der Waals surface area contributed by atoms with Crippen molar-refractivity contribution in [1.82, 2.24) is 10.6 Å². The van der Waals surface area contributed by atoms with Gasteiger partial charge in [-0.3, -0.25) is 9.59 Å². The molecule has 0 spiro atoms. The smallest absolute Gasteiger partial charge is 0.239 e. The number of rotatable bonds is 4. The number of carbonyl (C=O) groups excluding carboxylic acids is 2. The summed E-state index contributed by atoms with van der Waals surface area (Å²) in [6.45, 7) is -0.137. The Morgan fingerprint density at radius 2 is 2.16 bits per heavy atom. The standard InChI is InChI=1S/C13H16BrN3O2/c14-10-3-1-2-9-8(10)4-5-11(9)17-13(19)7-16-12(18)6-15/h1-3,11H,4-7,15H2,(H,16,18)(H,17,19). The number of fused-ring (bicyclic) bond motifs is 1. The first-order valence-electron chi connectivity index (χ1n) is 6.15. The molecule has 1 aliphatic rings. The van der Waals surface area contributed by atoms with Gasteiger partial charge in [0, 0.05) is 4.47 Å². The molecular formula is C13H16BrN3O2. The van der Waals surface area contributed by atoms with Crippen LogP contribution in [-0.2, 0) is 16.0 Å². The Kier molecular flexibility index (Phi) is 4.55. The van der Waals surface area contributed by atoms with Crippen molar-refractivity contribution in [2.45, 2.75) is 18.9 Å². The first-order chi connectivity index (χ1) is 9.11. The van der Waals surface area contributed by atoms with Crippen LogP contribution >= 0.6 is 15.9 Å². The van der Waals surface area contributed by atoms with Crippen LogP contribution in [0.5, 0.6) is 0 Å². The molecule has 0 saturated carbocycles. The summed E-state index contributed by atoms with van der Waals surface area (Å²) in [6.07, 6.45) is 1.82. The number of carbonyl (C=O) groups is 2. The Labute approximate surface area is 120 Å². The molecule has 0 bridgehead atoms. The second-order valence-electron chi connectivity index (χ2n) is 4.45. The van der Waals surface area contributed by atoms with Crippen molar-refractivity contribution < 1.29 is 9.59 Å². The SMILES string of the molecule is NCC(=O)NCC(=O)NC1CCc2c(Br)cccc21. The summed E-state index contributed by atoms with van der Waals surface area (Å²) in [6, 6.07) is 6.01. The Morgan fingerprint density at radius 3 is 2.89 bits per heavy atom. The Morgan fingerprint density at radius 1 is 1.37 bits per heavy atom. The quantitative estimate of drug-likeness (QED) is 0.759. The van der Waals surface area contributed by atoms with Crippen LogP contribution in [0.4, 0.5) is 0 Å². The molecule has 0 saturated heterocycles. The second-order valence-corrected chi connectivity index (χ2v) is 5.30. The van der Waals surface area contributed by atoms with Crippen LogP contribution in [0, 0.1) is 0 Å². The fourth-order valence-electron chi connectivity index (χ4n) is 2.26. The lowest BCUT2D eigenvalue weighted by Crippen LogP contribution is -2.40. The Bertz CT molecular complexity index is 505. The number of halogens is 1. The van der Waals surface area contributed by atoms with Gasteiger partial charge in [0.2, 0.25) is 11.8 Å². The maximum Gasteiger partial charge on any atom is 0.239 e. The molecule has 1 aliphatic carbocycles. The molecule has 2 rings (SSSR count). The lowest BCUT2D eigenvalue weighted by molar-refractivity contribution is -0.125. The molecule has 2 amide bonds. The lowest BCUT2D eigenvalue weighted by Gasteiger charge is -2.14. The predicted molar refractivity (Wildman–Crippen MR) is 75.4 cm³/mol. The maximum absolute atomic E-state index is 11.7. The molecule has 1 aromatic carbocycles. The minimum Gasteiger partial charge on any atom is -0.348 e. The van der Waals surface area contributed by atoms with Crippen molar-refractivity contribution in [2.75, 3.05) is 13.1 Å². The van der Waals surface area contributed by atoms with E-state index < -0.39 is 0 Å². The monoisotopic (exact) mass is 325 g/mol. The summed E-state index contributed by atoms with van der Waals surface area (Å²) in [5.41, 5.74) is 7.55. The van der Waals surface area contributed by atoms with Crippen LogP contribution in [-0.4, -0.2) is 24.9 Å². The van der Waals surface area contributed by atoms with E-state index in [1.165, 1.54) is 5.56 Å². The zero-order valence-electron chi connectivity index (χ0n) is 10.4. The number of benzene rings is 1. The van der Waals surface area contributed by atoms with Gasteiger partial charge in [0.25, 0.3) is 0 Å². The van der Waals surface area contributed by atoms with Crippen molar-refractivity contribution in [3.63, 3.8) is 0 Å². The third-order valence-corrected chi connectivity index (χ3v) is 3.92. The zero-order chi connectivity index (χ0) is 13.8. The van der Waals surface area contributed by atoms with E-state index >= 15 is 0 Å². The minimum absolute atomic E-state index is 0.0229. The summed E-state index contributed by atoms with van der Waals surface area (Å²) in [4.78, 5) is 22.7. The van der Waals surface area contributed by atoms with E-state index in [1.807, 2.05) is 18.2 Å². The normalized spacial score (nSPS) is 16.8. The van der Waals surface area contributed by atoms with Gasteiger partial charge in [-0.25, -0.2) is 0 Å². The van der Waals surface area contributed by atoms with E-state index in [4.69, 9.17) is 5.73 Å². The van der Waals surface area contributed by atoms with Gasteiger partial charge in [-0.15, -0.1) is 0 Å². The van der Waals surface area contributed by atoms with E-state index in [0.29, 0.717) is 0 Å². The van der Waals surface area contributed by atoms with Crippen LogP contribution in [0.15, 0.2) is 22.7 Å². The number of hydrogen-bond acceptors (Lipinski definition) is 3. The summed E-state index contributed by atoms with van der Waals surface area (Å²) in [5.74, 6) is -0.524. The van der Waals surface area contributed by atoms with Crippen LogP contribution in [0.25, 0.3) is 0 Å². The Balaban J connectivity index is 1.94. The van der Waals surface area contributed by atoms with Gasteiger partial charge in [-0.05, 0) is 30.0 Å². The fourth-order valence-corrected chi connectivity index (χ4v) is 2.84. The Hall–Kier alpha value is -1.40. The van der Waals surface area contributed by atoms with Crippen molar-refractivity contribution in [3.8, 4) is 0 Å². The molecule has 1 unspecified atom stereocenters. The van der Waals surface area contributed by atoms with Gasteiger partial charge in [-0.2, -0.15) is 0 Å². The van der Waals surface area contributed by atoms with E-state index in [-0.39, 0.29) is 30.9 Å². The van der Waals surface area contributed by atoms with Crippen molar-refractivity contribution >= 4 is 27.7 Å². The summed E-state index contributed by atoms with van der Waals surface area (Å²) >= 11 is 3.52. The highest BCUT2D eigenvalue weighted by atomic mass is 79.9. The average molecular weight is 326 g/mol. The first-order valence-corrected chi connectivity index (χ1v) is 6.94. The topological polar surface area (TPSA) is 84.2 Å². The van der Waals surface area contributed by atoms with Crippen LogP contribution < -0.4 is 16.4 Å². The van der Waals surface area contributed by atoms with Gasteiger partial charge in [0.05, 0.1) is 19.1 Å². The molecular weight excluding hydrogens is 310 g/mol. The molecule has 102 valence electrons. The molecule has 6 heteroatoms. The molecule has 1 atom stereocenters. The fraction of sp³-hybridized carbons (Fsp3) is 0.385. The van der Waals surface area contributed by atoms with Gasteiger partial charge in [0.1, 0.15) is 0 Å². The van der Waals surface area contributed by atoms with Gasteiger partial charge in [-0.1, -0.05) is 28.1 Å². The van der Waals surface area contributed by atoms with Crippen molar-refractivity contribution in [1.29, 1.82) is 0 Å². The van der Waals surface area contributed by atoms with E-state index in [1.54, 1.807) is 0 Å². The zero-order valence-corrected chi connectivity index (χ0v) is 12.0. The second kappa shape index (κ2) is 6.16. The number of amides is 2. The van der Waals surface area contributed by atoms with Crippen LogP contribution in [0.1, 0.15) is 23.6 Å². The highest BCUT2D eigenvalue weighted by molar-refractivity contribution is 9.10. The molecule has 0 aliphatic heterocycles. The summed E-state index contributed by atoms with van der Waals surface area (Å²) in [5, 5.41) is 5.38. The number of nitrogens with two attached hydrogens (primary N) is 1. The molecule has 19 heavy (non-hydrogen) atoms. The van der Waals surface area contributed by atoms with Crippen LogP contribution in [0.3, 0.4) is 0 Å².